The van der Waals surface area contributed by atoms with Crippen molar-refractivity contribution in [3.05, 3.63) is 93.7 Å². The molecule has 184 valence electrons. The van der Waals surface area contributed by atoms with Gasteiger partial charge in [0.05, 0.1) is 0 Å². The van der Waals surface area contributed by atoms with Crippen molar-refractivity contribution in [3.63, 3.8) is 0 Å². The lowest BCUT2D eigenvalue weighted by Gasteiger charge is -2.25. The largest absolute Gasteiger partial charge is 0.380 e. The van der Waals surface area contributed by atoms with Crippen molar-refractivity contribution in [3.8, 4) is 33.0 Å². The lowest BCUT2D eigenvalue weighted by atomic mass is 9.94. The average molecular weight is 543 g/mol. The summed E-state index contributed by atoms with van der Waals surface area (Å²) in [5, 5.41) is 19.3. The minimum atomic E-state index is -5.80. The summed E-state index contributed by atoms with van der Waals surface area (Å²) in [6.45, 7) is 0. The SMILES string of the molecule is N#Cc1sc(-c2ccccc2)cc1C1=C(c2cc(-c3ccccc3)sc2C#N)C(F)(F)C(F)(F)C1(F)F. The summed E-state index contributed by atoms with van der Waals surface area (Å²) >= 11 is 1.46. The predicted octanol–water partition coefficient (Wildman–Crippen LogP) is 8.72. The van der Waals surface area contributed by atoms with Crippen LogP contribution in [0.5, 0.6) is 0 Å². The predicted molar refractivity (Wildman–Crippen MR) is 131 cm³/mol. The van der Waals surface area contributed by atoms with E-state index in [1.165, 1.54) is 0 Å². The first-order chi connectivity index (χ1) is 17.5. The summed E-state index contributed by atoms with van der Waals surface area (Å²) in [4.78, 5) is -0.304. The van der Waals surface area contributed by atoms with Gasteiger partial charge in [-0.1, -0.05) is 60.7 Å². The second kappa shape index (κ2) is 8.62. The van der Waals surface area contributed by atoms with E-state index in [1.807, 2.05) is 0 Å². The van der Waals surface area contributed by atoms with Crippen molar-refractivity contribution in [1.29, 1.82) is 10.5 Å². The summed E-state index contributed by atoms with van der Waals surface area (Å²) in [5.74, 6) is -16.4. The monoisotopic (exact) mass is 542 g/mol. The first-order valence-corrected chi connectivity index (χ1v) is 12.3. The van der Waals surface area contributed by atoms with E-state index in [9.17, 15) is 19.3 Å². The molecule has 2 aromatic heterocycles. The number of thiophene rings is 2. The third-order valence-corrected chi connectivity index (χ3v) is 8.17. The van der Waals surface area contributed by atoms with E-state index in [0.717, 1.165) is 34.8 Å². The Balaban J connectivity index is 1.84. The topological polar surface area (TPSA) is 47.6 Å². The van der Waals surface area contributed by atoms with Crippen LogP contribution in [0.4, 0.5) is 26.3 Å². The molecule has 0 N–H and O–H groups in total. The Hall–Kier alpha value is -3.86. The Labute approximate surface area is 215 Å². The Morgan fingerprint density at radius 2 is 0.919 bits per heavy atom. The van der Waals surface area contributed by atoms with Crippen LogP contribution in [0.25, 0.3) is 32.0 Å². The van der Waals surface area contributed by atoms with Crippen molar-refractivity contribution < 1.29 is 26.3 Å². The van der Waals surface area contributed by atoms with Gasteiger partial charge in [-0.2, -0.15) is 36.9 Å². The van der Waals surface area contributed by atoms with Crippen LogP contribution in [0.1, 0.15) is 20.9 Å². The van der Waals surface area contributed by atoms with Crippen molar-refractivity contribution in [2.75, 3.05) is 0 Å². The maximum Gasteiger partial charge on any atom is 0.380 e. The van der Waals surface area contributed by atoms with E-state index < -0.39 is 49.8 Å². The highest BCUT2D eigenvalue weighted by Crippen LogP contribution is 2.66. The summed E-state index contributed by atoms with van der Waals surface area (Å²) in [7, 11) is 0. The molecule has 0 fully saturated rings. The highest BCUT2D eigenvalue weighted by molar-refractivity contribution is 7.16. The fraction of sp³-hybridized carbons (Fsp3) is 0.111. The first-order valence-electron chi connectivity index (χ1n) is 10.6. The van der Waals surface area contributed by atoms with Gasteiger partial charge in [0, 0.05) is 32.0 Å². The molecule has 0 amide bonds. The van der Waals surface area contributed by atoms with Crippen LogP contribution in [-0.4, -0.2) is 17.8 Å². The van der Waals surface area contributed by atoms with Crippen LogP contribution < -0.4 is 0 Å². The van der Waals surface area contributed by atoms with Crippen molar-refractivity contribution in [2.45, 2.75) is 17.8 Å². The zero-order chi connectivity index (χ0) is 26.6. The van der Waals surface area contributed by atoms with E-state index in [4.69, 9.17) is 0 Å². The number of halogens is 6. The summed E-state index contributed by atoms with van der Waals surface area (Å²) in [6, 6.07) is 21.9. The maximum atomic E-state index is 15.3. The van der Waals surface area contributed by atoms with Crippen molar-refractivity contribution in [2.24, 2.45) is 0 Å². The minimum Gasteiger partial charge on any atom is -0.194 e. The van der Waals surface area contributed by atoms with E-state index in [0.29, 0.717) is 11.1 Å². The molecule has 0 saturated heterocycles. The number of nitrogens with zero attached hydrogens (tertiary/aromatic N) is 2. The molecule has 0 radical (unpaired) electrons. The van der Waals surface area contributed by atoms with Crippen LogP contribution in [-0.2, 0) is 0 Å². The van der Waals surface area contributed by atoms with Crippen LogP contribution in [0, 0.1) is 22.7 Å². The molecule has 1 aliphatic rings. The minimum absolute atomic E-state index is 0.268. The Morgan fingerprint density at radius 1 is 0.568 bits per heavy atom. The number of benzene rings is 2. The normalized spacial score (nSPS) is 17.4. The van der Waals surface area contributed by atoms with Crippen LogP contribution in [0.15, 0.2) is 72.8 Å². The molecular weight excluding hydrogens is 530 g/mol. The molecule has 2 aromatic carbocycles. The van der Waals surface area contributed by atoms with Gasteiger partial charge in [0.1, 0.15) is 21.9 Å². The molecule has 4 aromatic rings. The molecule has 10 heteroatoms. The second-order valence-electron chi connectivity index (χ2n) is 8.14. The molecule has 0 atom stereocenters. The zero-order valence-electron chi connectivity index (χ0n) is 18.4. The standard InChI is InChI=1S/C27H12F6N2S2/c28-25(29)23(17-11-19(36-21(17)13-34)15-7-3-1-4-8-15)24(26(30,31)27(25,32)33)18-12-20(37-22(18)14-35)16-9-5-2-6-10-16/h1-12H. The van der Waals surface area contributed by atoms with Crippen LogP contribution in [0.2, 0.25) is 0 Å². The van der Waals surface area contributed by atoms with E-state index in [2.05, 4.69) is 0 Å². The van der Waals surface area contributed by atoms with Gasteiger partial charge in [-0.05, 0) is 23.3 Å². The third kappa shape index (κ3) is 3.59. The number of alkyl halides is 6. The molecule has 0 saturated carbocycles. The molecule has 5 rings (SSSR count). The summed E-state index contributed by atoms with van der Waals surface area (Å²) in [6.07, 6.45) is 0. The molecular formula is C27H12F6N2S2. The summed E-state index contributed by atoms with van der Waals surface area (Å²) < 4.78 is 90.9. The molecule has 0 aliphatic heterocycles. The van der Waals surface area contributed by atoms with Gasteiger partial charge in [-0.3, -0.25) is 0 Å². The molecule has 2 heterocycles. The fourth-order valence-electron chi connectivity index (χ4n) is 4.24. The highest BCUT2D eigenvalue weighted by Gasteiger charge is 2.80. The van der Waals surface area contributed by atoms with E-state index >= 15 is 17.6 Å². The van der Waals surface area contributed by atoms with Gasteiger partial charge in [0.15, 0.2) is 0 Å². The molecule has 0 bridgehead atoms. The molecule has 0 unspecified atom stereocenters. The molecule has 37 heavy (non-hydrogen) atoms. The van der Waals surface area contributed by atoms with Crippen LogP contribution in [0.3, 0.4) is 0 Å². The van der Waals surface area contributed by atoms with E-state index in [-0.39, 0.29) is 9.75 Å². The van der Waals surface area contributed by atoms with Gasteiger partial charge in [0.2, 0.25) is 0 Å². The van der Waals surface area contributed by atoms with Crippen molar-refractivity contribution >= 4 is 33.8 Å². The Morgan fingerprint density at radius 3 is 1.24 bits per heavy atom. The average Bonchev–Trinajstić information content (AvgIpc) is 3.54. The van der Waals surface area contributed by atoms with Gasteiger partial charge in [0.25, 0.3) is 0 Å². The van der Waals surface area contributed by atoms with E-state index in [1.54, 1.807) is 72.8 Å². The lowest BCUT2D eigenvalue weighted by molar-refractivity contribution is -0.254. The number of nitriles is 2. The second-order valence-corrected chi connectivity index (χ2v) is 10.2. The maximum absolute atomic E-state index is 15.3. The van der Waals surface area contributed by atoms with Gasteiger partial charge < -0.3 is 0 Å². The Bertz CT molecular complexity index is 1500. The Kier molecular flexibility index (Phi) is 5.78. The van der Waals surface area contributed by atoms with Crippen LogP contribution >= 0.6 is 22.7 Å². The van der Waals surface area contributed by atoms with Gasteiger partial charge in [-0.25, -0.2) is 0 Å². The summed E-state index contributed by atoms with van der Waals surface area (Å²) in [5.41, 5.74) is -3.72. The first kappa shape index (κ1) is 24.8. The number of allylic oxidation sites excluding steroid dienone is 2. The zero-order valence-corrected chi connectivity index (χ0v) is 20.0. The van der Waals surface area contributed by atoms with Crippen molar-refractivity contribution in [1.82, 2.24) is 0 Å². The number of rotatable bonds is 4. The molecule has 1 aliphatic carbocycles. The van der Waals surface area contributed by atoms with Gasteiger partial charge in [-0.15, -0.1) is 22.7 Å². The molecule has 2 nitrogen and oxygen atoms in total. The third-order valence-electron chi connectivity index (χ3n) is 5.99. The molecule has 0 spiro atoms. The smallest absolute Gasteiger partial charge is 0.194 e. The lowest BCUT2D eigenvalue weighted by Crippen LogP contribution is -2.48. The highest BCUT2D eigenvalue weighted by atomic mass is 32.1. The number of hydrogen-bond acceptors (Lipinski definition) is 4. The number of hydrogen-bond donors (Lipinski definition) is 0. The quantitative estimate of drug-likeness (QED) is 0.242. The van der Waals surface area contributed by atoms with Gasteiger partial charge >= 0.3 is 17.8 Å². The fourth-order valence-corrected chi connectivity index (χ4v) is 6.18.